The van der Waals surface area contributed by atoms with Crippen molar-refractivity contribution in [1.82, 2.24) is 9.88 Å². The second kappa shape index (κ2) is 9.53. The molecule has 0 atom stereocenters. The van der Waals surface area contributed by atoms with Gasteiger partial charge in [0, 0.05) is 41.2 Å². The molecule has 29 heavy (non-hydrogen) atoms. The highest BCUT2D eigenvalue weighted by molar-refractivity contribution is 9.10. The lowest BCUT2D eigenvalue weighted by molar-refractivity contribution is 0.0376. The molecule has 0 unspecified atom stereocenters. The number of ether oxygens (including phenoxy) is 1. The van der Waals surface area contributed by atoms with Crippen molar-refractivity contribution in [2.45, 2.75) is 6.42 Å². The van der Waals surface area contributed by atoms with E-state index in [2.05, 4.69) is 20.8 Å². The van der Waals surface area contributed by atoms with E-state index in [-0.39, 0.29) is 5.91 Å². The maximum Gasteiger partial charge on any atom is 0.260 e. The molecule has 4 rings (SSSR count). The lowest BCUT2D eigenvalue weighted by atomic mass is 10.2. The maximum absolute atomic E-state index is 13.3. The first-order chi connectivity index (χ1) is 14.1. The summed E-state index contributed by atoms with van der Waals surface area (Å²) in [6.45, 7) is 4.99. The molecule has 1 aliphatic heterocycles. The first-order valence-electron chi connectivity index (χ1n) is 9.54. The molecule has 1 saturated heterocycles. The zero-order valence-electron chi connectivity index (χ0n) is 15.8. The van der Waals surface area contributed by atoms with E-state index in [1.165, 1.54) is 11.3 Å². The molecule has 3 aromatic rings. The fourth-order valence-electron chi connectivity index (χ4n) is 3.31. The third-order valence-corrected chi connectivity index (χ3v) is 6.67. The van der Waals surface area contributed by atoms with Crippen LogP contribution >= 0.6 is 38.9 Å². The Bertz CT molecular complexity index is 989. The van der Waals surface area contributed by atoms with Gasteiger partial charge in [-0.1, -0.05) is 38.9 Å². The first-order valence-corrected chi connectivity index (χ1v) is 11.5. The Balaban J connectivity index is 1.56. The van der Waals surface area contributed by atoms with Crippen LogP contribution in [0.3, 0.4) is 0 Å². The van der Waals surface area contributed by atoms with Gasteiger partial charge in [0.15, 0.2) is 5.13 Å². The zero-order valence-corrected chi connectivity index (χ0v) is 19.0. The average Bonchev–Trinajstić information content (AvgIpc) is 3.15. The first kappa shape index (κ1) is 20.8. The van der Waals surface area contributed by atoms with Crippen LogP contribution in [0.4, 0.5) is 5.13 Å². The van der Waals surface area contributed by atoms with Crippen molar-refractivity contribution in [1.29, 1.82) is 0 Å². The number of hydrogen-bond donors (Lipinski definition) is 0. The molecule has 2 aromatic carbocycles. The minimum absolute atomic E-state index is 0.0374. The van der Waals surface area contributed by atoms with Crippen LogP contribution in [0.25, 0.3) is 10.2 Å². The molecular formula is C21H21BrClN3O2S. The predicted molar refractivity (Wildman–Crippen MR) is 122 cm³/mol. The standard InChI is InChI=1S/C21H21BrClN3O2S/c22-16-4-2-15(3-5-16)20(27)26(9-1-8-25-10-12-28-13-11-25)21-24-18-7-6-17(23)14-19(18)29-21/h2-7,14H,1,8-13H2. The number of aromatic nitrogens is 1. The van der Waals surface area contributed by atoms with Gasteiger partial charge in [-0.15, -0.1) is 0 Å². The van der Waals surface area contributed by atoms with Gasteiger partial charge in [-0.25, -0.2) is 4.98 Å². The molecule has 1 aromatic heterocycles. The summed E-state index contributed by atoms with van der Waals surface area (Å²) in [6.07, 6.45) is 0.874. The lowest BCUT2D eigenvalue weighted by Gasteiger charge is -2.27. The molecule has 152 valence electrons. The summed E-state index contributed by atoms with van der Waals surface area (Å²) in [4.78, 5) is 22.2. The molecule has 0 saturated carbocycles. The highest BCUT2D eigenvalue weighted by Crippen LogP contribution is 2.31. The van der Waals surface area contributed by atoms with E-state index >= 15 is 0 Å². The number of amides is 1. The SMILES string of the molecule is O=C(c1ccc(Br)cc1)N(CCCN1CCOCC1)c1nc2ccc(Cl)cc2s1. The molecule has 8 heteroatoms. The highest BCUT2D eigenvalue weighted by Gasteiger charge is 2.22. The van der Waals surface area contributed by atoms with Gasteiger partial charge >= 0.3 is 0 Å². The van der Waals surface area contributed by atoms with E-state index in [9.17, 15) is 4.79 Å². The Labute approximate surface area is 187 Å². The monoisotopic (exact) mass is 493 g/mol. The van der Waals surface area contributed by atoms with E-state index in [1.807, 2.05) is 42.5 Å². The Hall–Kier alpha value is -1.51. The van der Waals surface area contributed by atoms with Crippen molar-refractivity contribution in [3.63, 3.8) is 0 Å². The summed E-state index contributed by atoms with van der Waals surface area (Å²) < 4.78 is 7.34. The van der Waals surface area contributed by atoms with Gasteiger partial charge in [0.25, 0.3) is 5.91 Å². The topological polar surface area (TPSA) is 45.7 Å². The number of benzene rings is 2. The van der Waals surface area contributed by atoms with Gasteiger partial charge in [-0.05, 0) is 48.9 Å². The van der Waals surface area contributed by atoms with Gasteiger partial charge in [0.05, 0.1) is 23.4 Å². The van der Waals surface area contributed by atoms with Crippen LogP contribution in [-0.4, -0.2) is 55.2 Å². The van der Waals surface area contributed by atoms with E-state index in [4.69, 9.17) is 21.3 Å². The third kappa shape index (κ3) is 5.16. The number of hydrogen-bond acceptors (Lipinski definition) is 5. The van der Waals surface area contributed by atoms with Crippen molar-refractivity contribution in [2.75, 3.05) is 44.3 Å². The van der Waals surface area contributed by atoms with E-state index in [0.29, 0.717) is 22.3 Å². The van der Waals surface area contributed by atoms with Gasteiger partial charge < -0.3 is 4.74 Å². The normalized spacial score (nSPS) is 15.0. The Morgan fingerprint density at radius 2 is 1.97 bits per heavy atom. The van der Waals surface area contributed by atoms with Crippen LogP contribution < -0.4 is 4.90 Å². The van der Waals surface area contributed by atoms with Crippen LogP contribution in [0.5, 0.6) is 0 Å². The third-order valence-electron chi connectivity index (χ3n) is 4.87. The smallest absolute Gasteiger partial charge is 0.260 e. The van der Waals surface area contributed by atoms with Crippen molar-refractivity contribution < 1.29 is 9.53 Å². The largest absolute Gasteiger partial charge is 0.379 e. The molecule has 0 spiro atoms. The molecule has 1 fully saturated rings. The van der Waals surface area contributed by atoms with Gasteiger partial charge in [-0.3, -0.25) is 14.6 Å². The fraction of sp³-hybridized carbons (Fsp3) is 0.333. The Morgan fingerprint density at radius 3 is 2.72 bits per heavy atom. The predicted octanol–water partition coefficient (Wildman–Crippen LogP) is 5.08. The summed E-state index contributed by atoms with van der Waals surface area (Å²) >= 11 is 11.1. The molecule has 1 aliphatic rings. The van der Waals surface area contributed by atoms with E-state index in [1.54, 1.807) is 4.90 Å². The summed E-state index contributed by atoms with van der Waals surface area (Å²) in [7, 11) is 0. The van der Waals surface area contributed by atoms with Crippen molar-refractivity contribution >= 4 is 60.1 Å². The molecule has 5 nitrogen and oxygen atoms in total. The number of thiazole rings is 1. The number of morpholine rings is 1. The minimum atomic E-state index is -0.0374. The highest BCUT2D eigenvalue weighted by atomic mass is 79.9. The molecule has 0 radical (unpaired) electrons. The number of rotatable bonds is 6. The van der Waals surface area contributed by atoms with Crippen LogP contribution in [0.15, 0.2) is 46.9 Å². The molecule has 0 bridgehead atoms. The van der Waals surface area contributed by atoms with Gasteiger partial charge in [-0.2, -0.15) is 0 Å². The van der Waals surface area contributed by atoms with Crippen molar-refractivity contribution in [3.8, 4) is 0 Å². The van der Waals surface area contributed by atoms with Crippen LogP contribution in [0, 0.1) is 0 Å². The molecule has 0 N–H and O–H groups in total. The quantitative estimate of drug-likeness (QED) is 0.479. The second-order valence-electron chi connectivity index (χ2n) is 6.88. The zero-order chi connectivity index (χ0) is 20.2. The average molecular weight is 495 g/mol. The Kier molecular flexibility index (Phi) is 6.82. The van der Waals surface area contributed by atoms with Gasteiger partial charge in [0.1, 0.15) is 0 Å². The number of carbonyl (C=O) groups is 1. The summed E-state index contributed by atoms with van der Waals surface area (Å²) in [5.74, 6) is -0.0374. The maximum atomic E-state index is 13.3. The fourth-order valence-corrected chi connectivity index (χ4v) is 4.84. The molecule has 0 aliphatic carbocycles. The summed E-state index contributed by atoms with van der Waals surface area (Å²) in [6, 6.07) is 13.1. The molecule has 2 heterocycles. The van der Waals surface area contributed by atoms with Crippen molar-refractivity contribution in [2.24, 2.45) is 0 Å². The van der Waals surface area contributed by atoms with E-state index < -0.39 is 0 Å². The number of halogens is 2. The molecule has 1 amide bonds. The summed E-state index contributed by atoms with van der Waals surface area (Å²) in [5.41, 5.74) is 1.51. The summed E-state index contributed by atoms with van der Waals surface area (Å²) in [5, 5.41) is 1.38. The van der Waals surface area contributed by atoms with Crippen LogP contribution in [-0.2, 0) is 4.74 Å². The Morgan fingerprint density at radius 1 is 1.21 bits per heavy atom. The number of nitrogens with zero attached hydrogens (tertiary/aromatic N) is 3. The van der Waals surface area contributed by atoms with Crippen LogP contribution in [0.2, 0.25) is 5.02 Å². The van der Waals surface area contributed by atoms with Crippen molar-refractivity contribution in [3.05, 3.63) is 57.5 Å². The molecular weight excluding hydrogens is 474 g/mol. The number of fused-ring (bicyclic) bond motifs is 1. The number of anilines is 1. The van der Waals surface area contributed by atoms with Crippen LogP contribution in [0.1, 0.15) is 16.8 Å². The van der Waals surface area contributed by atoms with E-state index in [0.717, 1.165) is 54.0 Å². The van der Waals surface area contributed by atoms with Gasteiger partial charge in [0.2, 0.25) is 0 Å². The number of carbonyl (C=O) groups excluding carboxylic acids is 1. The lowest BCUT2D eigenvalue weighted by Crippen LogP contribution is -2.39. The minimum Gasteiger partial charge on any atom is -0.379 e. The second-order valence-corrected chi connectivity index (χ2v) is 9.24.